The largest absolute Gasteiger partial charge is 0.396 e. The van der Waals surface area contributed by atoms with Gasteiger partial charge in [0.25, 0.3) is 0 Å². The molecule has 0 heterocycles. The average molecular weight is 244 g/mol. The standard InChI is InChI=1S/C15H20N2O/c16-8-12-3-1-4-13(7-12)9-17-10-14-5-2-6-15(14)11-18/h1,3-4,7,14-15,17-18H,2,5-6,9-11H2. The van der Waals surface area contributed by atoms with Crippen molar-refractivity contribution < 1.29 is 5.11 Å². The second-order valence-electron chi connectivity index (χ2n) is 5.08. The molecule has 0 radical (unpaired) electrons. The van der Waals surface area contributed by atoms with Crippen LogP contribution in [0.5, 0.6) is 0 Å². The molecule has 0 aromatic heterocycles. The van der Waals surface area contributed by atoms with Gasteiger partial charge >= 0.3 is 0 Å². The zero-order chi connectivity index (χ0) is 12.8. The van der Waals surface area contributed by atoms with Crippen LogP contribution in [0.3, 0.4) is 0 Å². The summed E-state index contributed by atoms with van der Waals surface area (Å²) in [4.78, 5) is 0. The molecule has 0 spiro atoms. The molecule has 96 valence electrons. The van der Waals surface area contributed by atoms with Crippen molar-refractivity contribution >= 4 is 0 Å². The van der Waals surface area contributed by atoms with Crippen molar-refractivity contribution in [2.45, 2.75) is 25.8 Å². The number of hydrogen-bond donors (Lipinski definition) is 2. The van der Waals surface area contributed by atoms with E-state index in [0.29, 0.717) is 24.0 Å². The van der Waals surface area contributed by atoms with E-state index in [-0.39, 0.29) is 0 Å². The number of hydrogen-bond acceptors (Lipinski definition) is 3. The zero-order valence-corrected chi connectivity index (χ0v) is 10.6. The molecule has 0 saturated heterocycles. The Hall–Kier alpha value is -1.37. The summed E-state index contributed by atoms with van der Waals surface area (Å²) in [5.41, 5.74) is 1.86. The highest BCUT2D eigenvalue weighted by Crippen LogP contribution is 2.30. The molecule has 1 aliphatic rings. The van der Waals surface area contributed by atoms with Crippen LogP contribution in [0.1, 0.15) is 30.4 Å². The molecule has 2 N–H and O–H groups in total. The molecular weight excluding hydrogens is 224 g/mol. The molecule has 1 aromatic rings. The van der Waals surface area contributed by atoms with Crippen molar-refractivity contribution in [3.8, 4) is 6.07 Å². The van der Waals surface area contributed by atoms with Gasteiger partial charge in [0, 0.05) is 13.2 Å². The van der Waals surface area contributed by atoms with Gasteiger partial charge in [0.2, 0.25) is 0 Å². The molecule has 2 atom stereocenters. The second kappa shape index (κ2) is 6.53. The summed E-state index contributed by atoms with van der Waals surface area (Å²) in [5, 5.41) is 21.5. The summed E-state index contributed by atoms with van der Waals surface area (Å²) >= 11 is 0. The summed E-state index contributed by atoms with van der Waals surface area (Å²) in [6.45, 7) is 2.07. The Bertz CT molecular complexity index is 425. The van der Waals surface area contributed by atoms with Crippen LogP contribution in [0, 0.1) is 23.2 Å². The van der Waals surface area contributed by atoms with E-state index in [4.69, 9.17) is 5.26 Å². The van der Waals surface area contributed by atoms with Crippen molar-refractivity contribution in [3.63, 3.8) is 0 Å². The Morgan fingerprint density at radius 2 is 2.17 bits per heavy atom. The Morgan fingerprint density at radius 3 is 2.94 bits per heavy atom. The van der Waals surface area contributed by atoms with Gasteiger partial charge in [-0.05, 0) is 48.9 Å². The van der Waals surface area contributed by atoms with Gasteiger partial charge in [-0.3, -0.25) is 0 Å². The molecule has 3 nitrogen and oxygen atoms in total. The van der Waals surface area contributed by atoms with Crippen molar-refractivity contribution in [2.75, 3.05) is 13.2 Å². The molecule has 1 saturated carbocycles. The van der Waals surface area contributed by atoms with E-state index in [1.807, 2.05) is 24.3 Å². The van der Waals surface area contributed by atoms with Gasteiger partial charge < -0.3 is 10.4 Å². The summed E-state index contributed by atoms with van der Waals surface area (Å²) in [6, 6.07) is 9.85. The van der Waals surface area contributed by atoms with E-state index < -0.39 is 0 Å². The number of nitrogens with zero attached hydrogens (tertiary/aromatic N) is 1. The summed E-state index contributed by atoms with van der Waals surface area (Å²) < 4.78 is 0. The van der Waals surface area contributed by atoms with E-state index in [0.717, 1.165) is 25.1 Å². The fourth-order valence-electron chi connectivity index (χ4n) is 2.78. The lowest BCUT2D eigenvalue weighted by molar-refractivity contribution is 0.192. The zero-order valence-electron chi connectivity index (χ0n) is 10.6. The highest BCUT2D eigenvalue weighted by Gasteiger charge is 2.25. The van der Waals surface area contributed by atoms with Gasteiger partial charge in [-0.1, -0.05) is 18.6 Å². The highest BCUT2D eigenvalue weighted by atomic mass is 16.3. The van der Waals surface area contributed by atoms with Crippen molar-refractivity contribution in [1.82, 2.24) is 5.32 Å². The topological polar surface area (TPSA) is 56.0 Å². The molecule has 2 unspecified atom stereocenters. The Morgan fingerprint density at radius 1 is 1.33 bits per heavy atom. The lowest BCUT2D eigenvalue weighted by Gasteiger charge is -2.17. The van der Waals surface area contributed by atoms with Crippen LogP contribution in [0.25, 0.3) is 0 Å². The third kappa shape index (κ3) is 3.32. The predicted octanol–water partition coefficient (Wildman–Crippen LogP) is 2.06. The van der Waals surface area contributed by atoms with E-state index >= 15 is 0 Å². The van der Waals surface area contributed by atoms with Crippen molar-refractivity contribution in [3.05, 3.63) is 35.4 Å². The number of nitrogens with one attached hydrogen (secondary N) is 1. The summed E-state index contributed by atoms with van der Waals surface area (Å²) in [5.74, 6) is 1.08. The Labute approximate surface area is 108 Å². The maximum absolute atomic E-state index is 9.26. The lowest BCUT2D eigenvalue weighted by atomic mass is 9.97. The molecule has 1 fully saturated rings. The highest BCUT2D eigenvalue weighted by molar-refractivity contribution is 5.32. The number of aliphatic hydroxyl groups excluding tert-OH is 1. The number of aliphatic hydroxyl groups is 1. The molecule has 1 aromatic carbocycles. The predicted molar refractivity (Wildman–Crippen MR) is 70.8 cm³/mol. The van der Waals surface area contributed by atoms with E-state index in [1.54, 1.807) is 0 Å². The van der Waals surface area contributed by atoms with Gasteiger partial charge in [-0.15, -0.1) is 0 Å². The smallest absolute Gasteiger partial charge is 0.0991 e. The first kappa shape index (κ1) is 13.1. The molecule has 18 heavy (non-hydrogen) atoms. The fraction of sp³-hybridized carbons (Fsp3) is 0.533. The van der Waals surface area contributed by atoms with Crippen LogP contribution in [0.2, 0.25) is 0 Å². The van der Waals surface area contributed by atoms with Crippen LogP contribution in [0.4, 0.5) is 0 Å². The van der Waals surface area contributed by atoms with E-state index in [2.05, 4.69) is 11.4 Å². The summed E-state index contributed by atoms with van der Waals surface area (Å²) in [7, 11) is 0. The number of rotatable bonds is 5. The first-order valence-electron chi connectivity index (χ1n) is 6.64. The molecular formula is C15H20N2O. The minimum atomic E-state index is 0.316. The van der Waals surface area contributed by atoms with Crippen LogP contribution < -0.4 is 5.32 Å². The fourth-order valence-corrected chi connectivity index (χ4v) is 2.78. The lowest BCUT2D eigenvalue weighted by Crippen LogP contribution is -2.26. The van der Waals surface area contributed by atoms with Crippen LogP contribution in [-0.2, 0) is 6.54 Å². The second-order valence-corrected chi connectivity index (χ2v) is 5.08. The van der Waals surface area contributed by atoms with Crippen molar-refractivity contribution in [2.24, 2.45) is 11.8 Å². The first-order valence-corrected chi connectivity index (χ1v) is 6.64. The maximum atomic E-state index is 9.26. The van der Waals surface area contributed by atoms with E-state index in [1.165, 1.54) is 12.8 Å². The van der Waals surface area contributed by atoms with E-state index in [9.17, 15) is 5.11 Å². The number of nitriles is 1. The van der Waals surface area contributed by atoms with Gasteiger partial charge in [0.05, 0.1) is 11.6 Å². The monoisotopic (exact) mass is 244 g/mol. The van der Waals surface area contributed by atoms with Gasteiger partial charge in [0.15, 0.2) is 0 Å². The van der Waals surface area contributed by atoms with Crippen molar-refractivity contribution in [1.29, 1.82) is 5.26 Å². The molecule has 0 amide bonds. The van der Waals surface area contributed by atoms with Gasteiger partial charge in [0.1, 0.15) is 0 Å². The normalized spacial score (nSPS) is 22.9. The molecule has 2 rings (SSSR count). The summed E-state index contributed by atoms with van der Waals surface area (Å²) in [6.07, 6.45) is 3.62. The minimum absolute atomic E-state index is 0.316. The number of benzene rings is 1. The molecule has 0 bridgehead atoms. The third-order valence-electron chi connectivity index (χ3n) is 3.84. The van der Waals surface area contributed by atoms with Gasteiger partial charge in [-0.25, -0.2) is 0 Å². The van der Waals surface area contributed by atoms with Crippen LogP contribution in [0.15, 0.2) is 24.3 Å². The van der Waals surface area contributed by atoms with Crippen LogP contribution >= 0.6 is 0 Å². The minimum Gasteiger partial charge on any atom is -0.396 e. The first-order chi connectivity index (χ1) is 8.83. The third-order valence-corrected chi connectivity index (χ3v) is 3.84. The Kier molecular flexibility index (Phi) is 4.74. The average Bonchev–Trinajstić information content (AvgIpc) is 2.86. The quantitative estimate of drug-likeness (QED) is 0.833. The van der Waals surface area contributed by atoms with Crippen LogP contribution in [-0.4, -0.2) is 18.3 Å². The van der Waals surface area contributed by atoms with Gasteiger partial charge in [-0.2, -0.15) is 5.26 Å². The Balaban J connectivity index is 1.79. The maximum Gasteiger partial charge on any atom is 0.0991 e. The molecule has 3 heteroatoms. The molecule has 1 aliphatic carbocycles. The SMILES string of the molecule is N#Cc1cccc(CNCC2CCCC2CO)c1. The molecule has 0 aliphatic heterocycles.